The predicted octanol–water partition coefficient (Wildman–Crippen LogP) is 4.00. The minimum atomic E-state index is 0.465. The van der Waals surface area contributed by atoms with Crippen LogP contribution in [0.4, 0.5) is 0 Å². The maximum Gasteiger partial charge on any atom is 0.145 e. The fourth-order valence-electron chi connectivity index (χ4n) is 1.43. The van der Waals surface area contributed by atoms with Gasteiger partial charge in [0.1, 0.15) is 11.5 Å². The van der Waals surface area contributed by atoms with Crippen molar-refractivity contribution < 1.29 is 4.74 Å². The van der Waals surface area contributed by atoms with E-state index in [-0.39, 0.29) is 0 Å². The monoisotopic (exact) mass is 213 g/mol. The molecule has 2 rings (SSSR count). The first-order valence-corrected chi connectivity index (χ1v) is 5.43. The van der Waals surface area contributed by atoms with Crippen LogP contribution >= 0.6 is 0 Å². The van der Waals surface area contributed by atoms with Gasteiger partial charge in [-0.1, -0.05) is 32.0 Å². The summed E-state index contributed by atoms with van der Waals surface area (Å²) < 4.78 is 5.71. The molecule has 0 aliphatic heterocycles. The van der Waals surface area contributed by atoms with Crippen LogP contribution in [-0.2, 0) is 0 Å². The number of aromatic nitrogens is 1. The van der Waals surface area contributed by atoms with Crippen molar-refractivity contribution in [1.82, 2.24) is 4.98 Å². The molecule has 1 heterocycles. The third-order valence-electron chi connectivity index (χ3n) is 2.38. The smallest absolute Gasteiger partial charge is 0.145 e. The largest absolute Gasteiger partial charge is 0.456 e. The van der Waals surface area contributed by atoms with E-state index in [2.05, 4.69) is 18.8 Å². The second-order valence-corrected chi connectivity index (χ2v) is 4.02. The Hall–Kier alpha value is -1.83. The molecule has 0 unspecified atom stereocenters. The summed E-state index contributed by atoms with van der Waals surface area (Å²) in [5.41, 5.74) is 1.19. The molecule has 2 heteroatoms. The van der Waals surface area contributed by atoms with Gasteiger partial charge in [-0.05, 0) is 29.7 Å². The summed E-state index contributed by atoms with van der Waals surface area (Å²) in [6, 6.07) is 11.8. The lowest BCUT2D eigenvalue weighted by Gasteiger charge is -2.08. The molecular formula is C14H15NO. The number of benzene rings is 1. The topological polar surface area (TPSA) is 22.1 Å². The lowest BCUT2D eigenvalue weighted by Crippen LogP contribution is -1.91. The van der Waals surface area contributed by atoms with Crippen LogP contribution in [0.3, 0.4) is 0 Å². The first kappa shape index (κ1) is 10.7. The molecule has 0 fully saturated rings. The standard InChI is InChI=1S/C14H15NO/c1-11(2)12-8-14(10-15-9-12)16-13-6-4-3-5-7-13/h3-11H,1-2H3. The van der Waals surface area contributed by atoms with Gasteiger partial charge in [0.15, 0.2) is 0 Å². The van der Waals surface area contributed by atoms with Crippen molar-refractivity contribution >= 4 is 0 Å². The quantitative estimate of drug-likeness (QED) is 0.768. The Morgan fingerprint density at radius 1 is 1.00 bits per heavy atom. The van der Waals surface area contributed by atoms with Gasteiger partial charge in [-0.25, -0.2) is 0 Å². The Labute approximate surface area is 95.9 Å². The van der Waals surface area contributed by atoms with Gasteiger partial charge in [-0.15, -0.1) is 0 Å². The highest BCUT2D eigenvalue weighted by Gasteiger charge is 2.02. The lowest BCUT2D eigenvalue weighted by atomic mass is 10.1. The van der Waals surface area contributed by atoms with Gasteiger partial charge in [0.05, 0.1) is 6.20 Å². The zero-order chi connectivity index (χ0) is 11.4. The highest BCUT2D eigenvalue weighted by Crippen LogP contribution is 2.23. The minimum Gasteiger partial charge on any atom is -0.456 e. The average Bonchev–Trinajstić information content (AvgIpc) is 2.30. The number of hydrogen-bond acceptors (Lipinski definition) is 2. The first-order valence-electron chi connectivity index (χ1n) is 5.43. The molecule has 0 N–H and O–H groups in total. The molecule has 1 aromatic carbocycles. The highest BCUT2D eigenvalue weighted by molar-refractivity contribution is 5.31. The van der Waals surface area contributed by atoms with Crippen LogP contribution in [0.15, 0.2) is 48.8 Å². The average molecular weight is 213 g/mol. The van der Waals surface area contributed by atoms with E-state index >= 15 is 0 Å². The minimum absolute atomic E-state index is 0.465. The molecule has 0 aliphatic carbocycles. The normalized spacial score (nSPS) is 10.4. The Bertz CT molecular complexity index is 451. The fraction of sp³-hybridized carbons (Fsp3) is 0.214. The van der Waals surface area contributed by atoms with E-state index in [1.165, 1.54) is 5.56 Å². The van der Waals surface area contributed by atoms with Gasteiger partial charge in [-0.3, -0.25) is 4.98 Å². The molecule has 0 saturated carbocycles. The van der Waals surface area contributed by atoms with Crippen LogP contribution in [0.2, 0.25) is 0 Å². The maximum absolute atomic E-state index is 5.71. The molecule has 0 amide bonds. The Morgan fingerprint density at radius 3 is 2.44 bits per heavy atom. The summed E-state index contributed by atoms with van der Waals surface area (Å²) in [6.07, 6.45) is 3.61. The number of hydrogen-bond donors (Lipinski definition) is 0. The van der Waals surface area contributed by atoms with Gasteiger partial charge in [-0.2, -0.15) is 0 Å². The third-order valence-corrected chi connectivity index (χ3v) is 2.38. The van der Waals surface area contributed by atoms with Crippen LogP contribution in [0.5, 0.6) is 11.5 Å². The van der Waals surface area contributed by atoms with E-state index in [9.17, 15) is 0 Å². The van der Waals surface area contributed by atoms with E-state index in [0.29, 0.717) is 5.92 Å². The predicted molar refractivity (Wildman–Crippen MR) is 64.8 cm³/mol. The number of rotatable bonds is 3. The van der Waals surface area contributed by atoms with Crippen LogP contribution in [-0.4, -0.2) is 4.98 Å². The van der Waals surface area contributed by atoms with E-state index in [4.69, 9.17) is 4.74 Å². The first-order chi connectivity index (χ1) is 7.75. The Balaban J connectivity index is 2.19. The molecule has 0 atom stereocenters. The van der Waals surface area contributed by atoms with Gasteiger partial charge in [0.25, 0.3) is 0 Å². The van der Waals surface area contributed by atoms with E-state index in [0.717, 1.165) is 11.5 Å². The lowest BCUT2D eigenvalue weighted by molar-refractivity contribution is 0.479. The Morgan fingerprint density at radius 2 is 1.75 bits per heavy atom. The van der Waals surface area contributed by atoms with Crippen LogP contribution in [0.25, 0.3) is 0 Å². The number of para-hydroxylation sites is 1. The summed E-state index contributed by atoms with van der Waals surface area (Å²) in [6.45, 7) is 4.28. The summed E-state index contributed by atoms with van der Waals surface area (Å²) in [7, 11) is 0. The fourth-order valence-corrected chi connectivity index (χ4v) is 1.43. The maximum atomic E-state index is 5.71. The highest BCUT2D eigenvalue weighted by atomic mass is 16.5. The molecule has 0 aliphatic rings. The van der Waals surface area contributed by atoms with Crippen molar-refractivity contribution in [2.24, 2.45) is 0 Å². The summed E-state index contributed by atoms with van der Waals surface area (Å²) in [5.74, 6) is 2.09. The molecule has 0 saturated heterocycles. The second kappa shape index (κ2) is 4.79. The van der Waals surface area contributed by atoms with Gasteiger partial charge >= 0.3 is 0 Å². The molecule has 0 spiro atoms. The molecule has 0 bridgehead atoms. The van der Waals surface area contributed by atoms with Crippen LogP contribution in [0, 0.1) is 0 Å². The SMILES string of the molecule is CC(C)c1cncc(Oc2ccccc2)c1. The molecule has 1 aromatic heterocycles. The van der Waals surface area contributed by atoms with Gasteiger partial charge in [0, 0.05) is 6.20 Å². The van der Waals surface area contributed by atoms with Crippen molar-refractivity contribution in [3.8, 4) is 11.5 Å². The van der Waals surface area contributed by atoms with Gasteiger partial charge < -0.3 is 4.74 Å². The number of nitrogens with zero attached hydrogens (tertiary/aromatic N) is 1. The molecule has 2 aromatic rings. The van der Waals surface area contributed by atoms with Crippen LogP contribution in [0.1, 0.15) is 25.3 Å². The van der Waals surface area contributed by atoms with Gasteiger partial charge in [0.2, 0.25) is 0 Å². The van der Waals surface area contributed by atoms with E-state index < -0.39 is 0 Å². The molecule has 2 nitrogen and oxygen atoms in total. The summed E-state index contributed by atoms with van der Waals surface area (Å²) in [4.78, 5) is 4.18. The number of pyridine rings is 1. The third kappa shape index (κ3) is 2.60. The molecule has 82 valence electrons. The van der Waals surface area contributed by atoms with E-state index in [1.807, 2.05) is 42.6 Å². The summed E-state index contributed by atoms with van der Waals surface area (Å²) in [5, 5.41) is 0. The van der Waals surface area contributed by atoms with Crippen molar-refractivity contribution in [3.63, 3.8) is 0 Å². The van der Waals surface area contributed by atoms with Crippen molar-refractivity contribution in [2.75, 3.05) is 0 Å². The molecular weight excluding hydrogens is 198 g/mol. The van der Waals surface area contributed by atoms with Crippen molar-refractivity contribution in [3.05, 3.63) is 54.4 Å². The zero-order valence-corrected chi connectivity index (χ0v) is 9.55. The summed E-state index contributed by atoms with van der Waals surface area (Å²) >= 11 is 0. The van der Waals surface area contributed by atoms with Crippen molar-refractivity contribution in [1.29, 1.82) is 0 Å². The second-order valence-electron chi connectivity index (χ2n) is 4.02. The molecule has 16 heavy (non-hydrogen) atoms. The molecule has 0 radical (unpaired) electrons. The van der Waals surface area contributed by atoms with Crippen LogP contribution < -0.4 is 4.74 Å². The van der Waals surface area contributed by atoms with Crippen molar-refractivity contribution in [2.45, 2.75) is 19.8 Å². The number of ether oxygens (including phenoxy) is 1. The zero-order valence-electron chi connectivity index (χ0n) is 9.55. The Kier molecular flexibility index (Phi) is 3.20. The van der Waals surface area contributed by atoms with E-state index in [1.54, 1.807) is 6.20 Å².